The van der Waals surface area contributed by atoms with Crippen LogP contribution < -0.4 is 5.32 Å². The summed E-state index contributed by atoms with van der Waals surface area (Å²) in [7, 11) is 0. The van der Waals surface area contributed by atoms with E-state index in [1.807, 2.05) is 12.1 Å². The van der Waals surface area contributed by atoms with E-state index in [9.17, 15) is 4.79 Å². The van der Waals surface area contributed by atoms with E-state index in [1.165, 1.54) is 10.9 Å². The number of benzene rings is 2. The first-order valence-electron chi connectivity index (χ1n) is 9.25. The zero-order valence-corrected chi connectivity index (χ0v) is 15.8. The number of nitrogens with zero attached hydrogens (tertiary/aromatic N) is 3. The summed E-state index contributed by atoms with van der Waals surface area (Å²) in [5.74, 6) is -0.184. The molecule has 0 saturated carbocycles. The standard InChI is InChI=1S/C21H18ClN5O/c22-17-9-8-13(27-11-23-24-12-27)10-16(17)21(28)26-19-7-3-5-15-14-4-1-2-6-18(14)25-20(15)19/h1-2,4,6,8-12,19,25H,3,5,7H2,(H,26,28). The lowest BCUT2D eigenvalue weighted by atomic mass is 9.91. The van der Waals surface area contributed by atoms with Crippen molar-refractivity contribution in [3.63, 3.8) is 0 Å². The lowest BCUT2D eigenvalue weighted by Gasteiger charge is -2.24. The normalized spacial score (nSPS) is 16.1. The number of amides is 1. The Hall–Kier alpha value is -3.12. The molecule has 2 heterocycles. The van der Waals surface area contributed by atoms with Crippen molar-refractivity contribution < 1.29 is 4.79 Å². The maximum Gasteiger partial charge on any atom is 0.253 e. The number of aryl methyl sites for hydroxylation is 1. The predicted molar refractivity (Wildman–Crippen MR) is 108 cm³/mol. The van der Waals surface area contributed by atoms with Crippen LogP contribution in [0.5, 0.6) is 0 Å². The molecule has 0 bridgehead atoms. The number of aromatic nitrogens is 4. The molecule has 1 aliphatic carbocycles. The molecule has 2 aromatic carbocycles. The van der Waals surface area contributed by atoms with Gasteiger partial charge in [0.15, 0.2) is 0 Å². The Labute approximate surface area is 166 Å². The molecule has 7 heteroatoms. The molecule has 140 valence electrons. The second-order valence-corrected chi connectivity index (χ2v) is 7.42. The van der Waals surface area contributed by atoms with E-state index >= 15 is 0 Å². The van der Waals surface area contributed by atoms with Gasteiger partial charge >= 0.3 is 0 Å². The van der Waals surface area contributed by atoms with Crippen LogP contribution in [0.3, 0.4) is 0 Å². The molecule has 0 radical (unpaired) electrons. The first-order valence-corrected chi connectivity index (χ1v) is 9.63. The van der Waals surface area contributed by atoms with Gasteiger partial charge in [0, 0.05) is 22.3 Å². The van der Waals surface area contributed by atoms with Crippen LogP contribution in [0.1, 0.15) is 40.5 Å². The molecule has 0 fully saturated rings. The minimum Gasteiger partial charge on any atom is -0.356 e. The number of rotatable bonds is 3. The van der Waals surface area contributed by atoms with Crippen LogP contribution in [0, 0.1) is 0 Å². The third-order valence-electron chi connectivity index (χ3n) is 5.33. The number of nitrogens with one attached hydrogen (secondary N) is 2. The van der Waals surface area contributed by atoms with Crippen LogP contribution in [0.15, 0.2) is 55.1 Å². The molecule has 0 saturated heterocycles. The molecular formula is C21H18ClN5O. The Morgan fingerprint density at radius 3 is 2.86 bits per heavy atom. The number of fused-ring (bicyclic) bond motifs is 3. The molecule has 0 aliphatic heterocycles. The Kier molecular flexibility index (Phi) is 4.13. The Morgan fingerprint density at radius 2 is 2.00 bits per heavy atom. The number of para-hydroxylation sites is 1. The predicted octanol–water partition coefficient (Wildman–Crippen LogP) is 4.21. The van der Waals surface area contributed by atoms with Crippen molar-refractivity contribution in [1.82, 2.24) is 25.1 Å². The number of aromatic amines is 1. The van der Waals surface area contributed by atoms with Gasteiger partial charge < -0.3 is 10.3 Å². The monoisotopic (exact) mass is 391 g/mol. The number of H-pyrrole nitrogens is 1. The topological polar surface area (TPSA) is 75.6 Å². The van der Waals surface area contributed by atoms with Crippen molar-refractivity contribution in [3.05, 3.63) is 77.0 Å². The summed E-state index contributed by atoms with van der Waals surface area (Å²) in [5, 5.41) is 12.4. The SMILES string of the molecule is O=C(NC1CCCc2c1[nH]c1ccccc21)c1cc(-n2cnnc2)ccc1Cl. The number of hydrogen-bond acceptors (Lipinski definition) is 3. The quantitative estimate of drug-likeness (QED) is 0.549. The summed E-state index contributed by atoms with van der Waals surface area (Å²) in [6.07, 6.45) is 6.13. The van der Waals surface area contributed by atoms with Gasteiger partial charge in [-0.3, -0.25) is 9.36 Å². The van der Waals surface area contributed by atoms with E-state index in [2.05, 4.69) is 38.7 Å². The Balaban J connectivity index is 1.46. The van der Waals surface area contributed by atoms with Crippen LogP contribution in [-0.2, 0) is 6.42 Å². The summed E-state index contributed by atoms with van der Waals surface area (Å²) in [5.41, 5.74) is 4.75. The van der Waals surface area contributed by atoms with E-state index in [4.69, 9.17) is 11.6 Å². The van der Waals surface area contributed by atoms with Crippen molar-refractivity contribution >= 4 is 28.4 Å². The second-order valence-electron chi connectivity index (χ2n) is 7.01. The van der Waals surface area contributed by atoms with E-state index in [0.717, 1.165) is 36.2 Å². The smallest absolute Gasteiger partial charge is 0.253 e. The molecule has 0 spiro atoms. The summed E-state index contributed by atoms with van der Waals surface area (Å²) in [4.78, 5) is 16.5. The van der Waals surface area contributed by atoms with Crippen molar-refractivity contribution in [3.8, 4) is 5.69 Å². The molecule has 1 atom stereocenters. The fourth-order valence-corrected chi connectivity index (χ4v) is 4.18. The summed E-state index contributed by atoms with van der Waals surface area (Å²) < 4.78 is 1.74. The summed E-state index contributed by atoms with van der Waals surface area (Å²) in [6, 6.07) is 13.5. The van der Waals surface area contributed by atoms with Gasteiger partial charge in [-0.1, -0.05) is 29.8 Å². The number of hydrogen-bond donors (Lipinski definition) is 2. The molecule has 5 rings (SSSR count). The molecule has 1 unspecified atom stereocenters. The average molecular weight is 392 g/mol. The highest BCUT2D eigenvalue weighted by Gasteiger charge is 2.26. The van der Waals surface area contributed by atoms with Crippen molar-refractivity contribution in [2.45, 2.75) is 25.3 Å². The van der Waals surface area contributed by atoms with Gasteiger partial charge in [0.1, 0.15) is 12.7 Å². The molecule has 28 heavy (non-hydrogen) atoms. The Morgan fingerprint density at radius 1 is 1.18 bits per heavy atom. The van der Waals surface area contributed by atoms with E-state index < -0.39 is 0 Å². The number of halogens is 1. The Bertz CT molecular complexity index is 1160. The average Bonchev–Trinajstić information content (AvgIpc) is 3.37. The molecule has 2 aromatic heterocycles. The van der Waals surface area contributed by atoms with Crippen LogP contribution >= 0.6 is 11.6 Å². The summed E-state index contributed by atoms with van der Waals surface area (Å²) >= 11 is 6.33. The molecule has 1 aliphatic rings. The highest BCUT2D eigenvalue weighted by molar-refractivity contribution is 6.33. The molecule has 6 nitrogen and oxygen atoms in total. The van der Waals surface area contributed by atoms with Crippen molar-refractivity contribution in [2.24, 2.45) is 0 Å². The second kappa shape index (κ2) is 6.80. The largest absolute Gasteiger partial charge is 0.356 e. The zero-order chi connectivity index (χ0) is 19.1. The minimum absolute atomic E-state index is 0.0571. The van der Waals surface area contributed by atoms with Crippen LogP contribution in [0.25, 0.3) is 16.6 Å². The lowest BCUT2D eigenvalue weighted by molar-refractivity contribution is 0.0932. The third-order valence-corrected chi connectivity index (χ3v) is 5.66. The highest BCUT2D eigenvalue weighted by Crippen LogP contribution is 2.35. The van der Waals surface area contributed by atoms with Gasteiger partial charge in [0.25, 0.3) is 5.91 Å². The van der Waals surface area contributed by atoms with Gasteiger partial charge in [-0.05, 0) is 49.1 Å². The van der Waals surface area contributed by atoms with Crippen LogP contribution in [0.2, 0.25) is 5.02 Å². The lowest BCUT2D eigenvalue weighted by Crippen LogP contribution is -2.31. The van der Waals surface area contributed by atoms with E-state index in [-0.39, 0.29) is 11.9 Å². The van der Waals surface area contributed by atoms with Gasteiger partial charge in [0.2, 0.25) is 0 Å². The first-order chi connectivity index (χ1) is 13.7. The molecule has 2 N–H and O–H groups in total. The molecule has 4 aromatic rings. The van der Waals surface area contributed by atoms with Gasteiger partial charge in [-0.25, -0.2) is 0 Å². The van der Waals surface area contributed by atoms with Gasteiger partial charge in [-0.2, -0.15) is 0 Å². The maximum absolute atomic E-state index is 13.0. The molecule has 1 amide bonds. The van der Waals surface area contributed by atoms with Crippen LogP contribution in [0.4, 0.5) is 0 Å². The van der Waals surface area contributed by atoms with E-state index in [1.54, 1.807) is 29.4 Å². The van der Waals surface area contributed by atoms with Crippen molar-refractivity contribution in [2.75, 3.05) is 0 Å². The number of carbonyl (C=O) groups is 1. The van der Waals surface area contributed by atoms with Crippen molar-refractivity contribution in [1.29, 1.82) is 0 Å². The fourth-order valence-electron chi connectivity index (χ4n) is 3.98. The zero-order valence-electron chi connectivity index (χ0n) is 15.0. The first kappa shape index (κ1) is 17.0. The van der Waals surface area contributed by atoms with Gasteiger partial charge in [0.05, 0.1) is 16.6 Å². The maximum atomic E-state index is 13.0. The highest BCUT2D eigenvalue weighted by atomic mass is 35.5. The van der Waals surface area contributed by atoms with Crippen LogP contribution in [-0.4, -0.2) is 25.7 Å². The summed E-state index contributed by atoms with van der Waals surface area (Å²) in [6.45, 7) is 0. The third kappa shape index (κ3) is 2.86. The minimum atomic E-state index is -0.184. The molecular weight excluding hydrogens is 374 g/mol. The number of carbonyl (C=O) groups excluding carboxylic acids is 1. The van der Waals surface area contributed by atoms with E-state index in [0.29, 0.717) is 10.6 Å². The van der Waals surface area contributed by atoms with Gasteiger partial charge in [-0.15, -0.1) is 10.2 Å². The fraction of sp³-hybridized carbons (Fsp3) is 0.190.